The van der Waals surface area contributed by atoms with Gasteiger partial charge in [-0.15, -0.1) is 0 Å². The molecule has 260 valence electrons. The molecule has 0 heterocycles. The van der Waals surface area contributed by atoms with E-state index in [0.717, 1.165) is 101 Å². The smallest absolute Gasteiger partial charge is 0.339 e. The maximum absolute atomic E-state index is 12.5. The molecule has 2 aromatic rings. The van der Waals surface area contributed by atoms with Gasteiger partial charge in [0.1, 0.15) is 12.2 Å². The van der Waals surface area contributed by atoms with Gasteiger partial charge in [-0.3, -0.25) is 0 Å². The molecule has 8 nitrogen and oxygen atoms in total. The van der Waals surface area contributed by atoms with Crippen molar-refractivity contribution in [2.75, 3.05) is 0 Å². The number of hydrogen-bond acceptors (Lipinski definition) is 6. The summed E-state index contributed by atoms with van der Waals surface area (Å²) in [4.78, 5) is 48.5. The summed E-state index contributed by atoms with van der Waals surface area (Å²) in [5, 5.41) is 19.3. The monoisotopic (exact) mass is 660 g/mol. The van der Waals surface area contributed by atoms with Crippen LogP contribution in [-0.4, -0.2) is 46.3 Å². The Kier molecular flexibility index (Phi) is 13.1. The molecule has 8 heteroatoms. The van der Waals surface area contributed by atoms with E-state index in [-0.39, 0.29) is 29.3 Å². The van der Waals surface area contributed by atoms with Gasteiger partial charge in [0.2, 0.25) is 0 Å². The second kappa shape index (κ2) is 17.6. The number of benzene rings is 2. The molecule has 0 saturated heterocycles. The molecule has 0 unspecified atom stereocenters. The van der Waals surface area contributed by atoms with Crippen LogP contribution in [0.2, 0.25) is 0 Å². The quantitative estimate of drug-likeness (QED) is 0.268. The molecule has 0 atom stereocenters. The molecule has 0 spiro atoms. The molecule has 0 radical (unpaired) electrons. The van der Waals surface area contributed by atoms with Crippen molar-refractivity contribution in [1.82, 2.24) is 0 Å². The molecule has 2 N–H and O–H groups in total. The Morgan fingerprint density at radius 1 is 0.479 bits per heavy atom. The molecule has 4 aliphatic carbocycles. The first-order valence-corrected chi connectivity index (χ1v) is 18.5. The van der Waals surface area contributed by atoms with E-state index < -0.39 is 23.9 Å². The SMILES string of the molecule is O=C(O)c1ccc(C2CCCCC2)c(C2CCCCC2)c1C(=O)O.O=C(OC1CCCCC1)c1ccccc1C(=O)OC1CCCCC1. The Morgan fingerprint density at radius 2 is 0.896 bits per heavy atom. The number of ether oxygens (including phenoxy) is 2. The van der Waals surface area contributed by atoms with Crippen molar-refractivity contribution in [3.8, 4) is 0 Å². The molecule has 6 rings (SSSR count). The highest BCUT2D eigenvalue weighted by Crippen LogP contribution is 2.43. The summed E-state index contributed by atoms with van der Waals surface area (Å²) in [6.45, 7) is 0. The normalized spacial score (nSPS) is 19.8. The van der Waals surface area contributed by atoms with Crippen LogP contribution in [0.1, 0.15) is 193 Å². The lowest BCUT2D eigenvalue weighted by Gasteiger charge is -2.31. The minimum absolute atomic E-state index is 0.0197. The van der Waals surface area contributed by atoms with Gasteiger partial charge < -0.3 is 19.7 Å². The van der Waals surface area contributed by atoms with Gasteiger partial charge in [0, 0.05) is 0 Å². The summed E-state index contributed by atoms with van der Waals surface area (Å²) in [5.74, 6) is -2.46. The molecule has 0 bridgehead atoms. The zero-order chi connectivity index (χ0) is 33.9. The number of rotatable bonds is 8. The van der Waals surface area contributed by atoms with Gasteiger partial charge >= 0.3 is 23.9 Å². The highest BCUT2D eigenvalue weighted by molar-refractivity contribution is 6.04. The van der Waals surface area contributed by atoms with Crippen LogP contribution in [-0.2, 0) is 9.47 Å². The summed E-state index contributed by atoms with van der Waals surface area (Å²) in [6.07, 6.45) is 21.6. The Balaban J connectivity index is 0.000000188. The molecule has 0 aliphatic heterocycles. The van der Waals surface area contributed by atoms with Crippen molar-refractivity contribution < 1.29 is 38.9 Å². The van der Waals surface area contributed by atoms with Gasteiger partial charge in [0.15, 0.2) is 0 Å². The maximum atomic E-state index is 12.5. The predicted octanol–water partition coefficient (Wildman–Crippen LogP) is 9.84. The first-order valence-electron chi connectivity index (χ1n) is 18.5. The van der Waals surface area contributed by atoms with Crippen LogP contribution >= 0.6 is 0 Å². The Morgan fingerprint density at radius 3 is 1.31 bits per heavy atom. The minimum atomic E-state index is -1.14. The van der Waals surface area contributed by atoms with Crippen molar-refractivity contribution in [2.45, 2.75) is 152 Å². The van der Waals surface area contributed by atoms with Crippen molar-refractivity contribution >= 4 is 23.9 Å². The van der Waals surface area contributed by atoms with Crippen LogP contribution in [0.5, 0.6) is 0 Å². The van der Waals surface area contributed by atoms with Crippen LogP contribution in [0, 0.1) is 0 Å². The van der Waals surface area contributed by atoms with Crippen LogP contribution in [0.3, 0.4) is 0 Å². The molecular formula is C40H52O8. The van der Waals surface area contributed by atoms with E-state index in [0.29, 0.717) is 17.0 Å². The van der Waals surface area contributed by atoms with Gasteiger partial charge in [-0.1, -0.05) is 69.6 Å². The second-order valence-corrected chi connectivity index (χ2v) is 14.1. The molecule has 4 aliphatic rings. The van der Waals surface area contributed by atoms with Gasteiger partial charge in [-0.05, 0) is 118 Å². The van der Waals surface area contributed by atoms with E-state index >= 15 is 0 Å². The van der Waals surface area contributed by atoms with Gasteiger partial charge in [-0.2, -0.15) is 0 Å². The van der Waals surface area contributed by atoms with Gasteiger partial charge in [0.05, 0.1) is 22.3 Å². The third-order valence-corrected chi connectivity index (χ3v) is 10.8. The number of carbonyl (C=O) groups excluding carboxylic acids is 2. The van der Waals surface area contributed by atoms with Crippen molar-refractivity contribution in [1.29, 1.82) is 0 Å². The molecular weight excluding hydrogens is 608 g/mol. The fourth-order valence-electron chi connectivity index (χ4n) is 8.28. The lowest BCUT2D eigenvalue weighted by atomic mass is 9.73. The van der Waals surface area contributed by atoms with E-state index in [9.17, 15) is 29.4 Å². The molecule has 2 aromatic carbocycles. The van der Waals surface area contributed by atoms with Crippen LogP contribution < -0.4 is 0 Å². The number of aromatic carboxylic acids is 2. The number of carboxylic acids is 2. The van der Waals surface area contributed by atoms with Crippen molar-refractivity contribution in [3.63, 3.8) is 0 Å². The van der Waals surface area contributed by atoms with E-state index in [1.165, 1.54) is 44.6 Å². The largest absolute Gasteiger partial charge is 0.478 e. The fraction of sp³-hybridized carbons (Fsp3) is 0.600. The zero-order valence-corrected chi connectivity index (χ0v) is 28.3. The van der Waals surface area contributed by atoms with E-state index in [1.807, 2.05) is 6.07 Å². The zero-order valence-electron chi connectivity index (χ0n) is 28.3. The van der Waals surface area contributed by atoms with Crippen LogP contribution in [0.25, 0.3) is 0 Å². The second-order valence-electron chi connectivity index (χ2n) is 14.1. The summed E-state index contributed by atoms with van der Waals surface area (Å²) >= 11 is 0. The lowest BCUT2D eigenvalue weighted by Crippen LogP contribution is -2.24. The Hall–Kier alpha value is -3.68. The summed E-state index contributed by atoms with van der Waals surface area (Å²) in [6, 6.07) is 10.3. The molecule has 48 heavy (non-hydrogen) atoms. The third kappa shape index (κ3) is 9.26. The number of carbonyl (C=O) groups is 4. The number of carboxylic acid groups (broad SMARTS) is 2. The van der Waals surface area contributed by atoms with Crippen LogP contribution in [0.15, 0.2) is 36.4 Å². The Bertz CT molecular complexity index is 1360. The van der Waals surface area contributed by atoms with Gasteiger partial charge in [0.25, 0.3) is 0 Å². The van der Waals surface area contributed by atoms with Gasteiger partial charge in [-0.25, -0.2) is 19.2 Å². The van der Waals surface area contributed by atoms with E-state index in [4.69, 9.17) is 9.47 Å². The van der Waals surface area contributed by atoms with Crippen molar-refractivity contribution in [2.24, 2.45) is 0 Å². The lowest BCUT2D eigenvalue weighted by molar-refractivity contribution is 0.0164. The Labute approximate surface area is 284 Å². The van der Waals surface area contributed by atoms with E-state index in [2.05, 4.69) is 0 Å². The highest BCUT2D eigenvalue weighted by Gasteiger charge is 2.32. The van der Waals surface area contributed by atoms with Crippen molar-refractivity contribution in [3.05, 3.63) is 69.8 Å². The minimum Gasteiger partial charge on any atom is -0.478 e. The average molecular weight is 661 g/mol. The predicted molar refractivity (Wildman–Crippen MR) is 183 cm³/mol. The van der Waals surface area contributed by atoms with Crippen LogP contribution in [0.4, 0.5) is 0 Å². The maximum Gasteiger partial charge on any atom is 0.339 e. The molecule has 4 saturated carbocycles. The number of hydrogen-bond donors (Lipinski definition) is 2. The summed E-state index contributed by atoms with van der Waals surface area (Å²) < 4.78 is 11.2. The molecule has 4 fully saturated rings. The molecule has 0 amide bonds. The molecule has 0 aromatic heterocycles. The number of esters is 2. The first-order chi connectivity index (χ1) is 23.3. The summed E-state index contributed by atoms with van der Waals surface area (Å²) in [7, 11) is 0. The topological polar surface area (TPSA) is 127 Å². The highest BCUT2D eigenvalue weighted by atomic mass is 16.6. The van der Waals surface area contributed by atoms with E-state index in [1.54, 1.807) is 24.3 Å². The first kappa shape index (κ1) is 35.6. The fourth-order valence-corrected chi connectivity index (χ4v) is 8.28. The standard InChI is InChI=1S/2C20H26O4/c21-19(23-15-9-3-1-4-10-15)17-13-7-8-14-18(17)20(22)24-16-11-5-2-6-12-16;21-19(22)16-12-11-15(13-7-3-1-4-8-13)17(18(16)20(23)24)14-9-5-2-6-10-14/h7-8,13-16H,1-6,9-12H2;11-14H,1-10H2,(H,21,22)(H,23,24). The third-order valence-electron chi connectivity index (χ3n) is 10.8. The average Bonchev–Trinajstić information content (AvgIpc) is 3.12. The summed E-state index contributed by atoms with van der Waals surface area (Å²) in [5.41, 5.74) is 2.60.